The van der Waals surface area contributed by atoms with Crippen LogP contribution < -0.4 is 4.74 Å². The third-order valence-electron chi connectivity index (χ3n) is 4.88. The summed E-state index contributed by atoms with van der Waals surface area (Å²) in [5.41, 5.74) is 2.02. The van der Waals surface area contributed by atoms with Crippen LogP contribution in [0, 0.1) is 0 Å². The van der Waals surface area contributed by atoms with E-state index in [1.165, 1.54) is 0 Å². The molecule has 0 bridgehead atoms. The van der Waals surface area contributed by atoms with Gasteiger partial charge in [-0.25, -0.2) is 0 Å². The number of carbonyl (C=O) groups is 1. The second kappa shape index (κ2) is 7.45. The quantitative estimate of drug-likeness (QED) is 0.638. The Morgan fingerprint density at radius 3 is 2.81 bits per heavy atom. The van der Waals surface area contributed by atoms with Gasteiger partial charge >= 0.3 is 0 Å². The average molecular weight is 383 g/mol. The number of nitrogens with zero attached hydrogens (tertiary/aromatic N) is 2. The molecule has 3 aromatic rings. The molecule has 1 saturated heterocycles. The van der Waals surface area contributed by atoms with Crippen molar-refractivity contribution in [2.24, 2.45) is 0 Å². The molecular weight excluding hydrogens is 364 g/mol. The van der Waals surface area contributed by atoms with Crippen molar-refractivity contribution < 1.29 is 14.1 Å². The number of aromatic nitrogens is 1. The number of amides is 1. The molecule has 0 unspecified atom stereocenters. The van der Waals surface area contributed by atoms with Crippen molar-refractivity contribution in [3.63, 3.8) is 0 Å². The van der Waals surface area contributed by atoms with E-state index in [1.807, 2.05) is 53.4 Å². The molecule has 2 aromatic carbocycles. The van der Waals surface area contributed by atoms with Crippen molar-refractivity contribution in [3.05, 3.63) is 70.9 Å². The number of benzene rings is 2. The minimum Gasteiger partial charge on any atom is -0.496 e. The molecule has 0 radical (unpaired) electrons. The first-order valence-electron chi connectivity index (χ1n) is 8.84. The van der Waals surface area contributed by atoms with Gasteiger partial charge in [-0.3, -0.25) is 4.79 Å². The summed E-state index contributed by atoms with van der Waals surface area (Å²) >= 11 is 6.35. The Bertz CT molecular complexity index is 969. The molecule has 1 aliphatic rings. The van der Waals surface area contributed by atoms with Gasteiger partial charge in [0, 0.05) is 17.6 Å². The summed E-state index contributed by atoms with van der Waals surface area (Å²) in [6.07, 6.45) is 1.81. The molecule has 1 aromatic heterocycles. The fourth-order valence-electron chi connectivity index (χ4n) is 3.58. The van der Waals surface area contributed by atoms with Crippen LogP contribution in [0.4, 0.5) is 0 Å². The molecule has 1 atom stereocenters. The van der Waals surface area contributed by atoms with E-state index in [4.69, 9.17) is 20.9 Å². The van der Waals surface area contributed by atoms with Gasteiger partial charge in [0.15, 0.2) is 11.5 Å². The Morgan fingerprint density at radius 2 is 2.00 bits per heavy atom. The van der Waals surface area contributed by atoms with E-state index in [-0.39, 0.29) is 17.6 Å². The zero-order chi connectivity index (χ0) is 18.8. The van der Waals surface area contributed by atoms with E-state index in [9.17, 15) is 4.79 Å². The van der Waals surface area contributed by atoms with Crippen LogP contribution in [0.1, 0.15) is 34.9 Å². The van der Waals surface area contributed by atoms with Crippen molar-refractivity contribution in [2.75, 3.05) is 13.7 Å². The van der Waals surface area contributed by atoms with Crippen LogP contribution in [-0.2, 0) is 0 Å². The predicted octanol–water partition coefficient (Wildman–Crippen LogP) is 4.98. The highest BCUT2D eigenvalue weighted by atomic mass is 35.5. The standard InChI is InChI=1S/C21H19ClN2O3/c1-26-19-11-5-3-8-15(19)20-13-17(23-27-20)21(25)24-12-6-10-18(24)14-7-2-4-9-16(14)22/h2-5,7-9,11,13,18H,6,10,12H2,1H3/t18-/m0/s1. The number of likely N-dealkylation sites (tertiary alicyclic amines) is 1. The van der Waals surface area contributed by atoms with Crippen LogP contribution in [0.25, 0.3) is 11.3 Å². The Kier molecular flexibility index (Phi) is 4.86. The lowest BCUT2D eigenvalue weighted by Gasteiger charge is -2.24. The van der Waals surface area contributed by atoms with Crippen LogP contribution in [0.15, 0.2) is 59.1 Å². The molecule has 27 heavy (non-hydrogen) atoms. The molecule has 138 valence electrons. The Balaban J connectivity index is 1.62. The molecule has 0 spiro atoms. The van der Waals surface area contributed by atoms with Gasteiger partial charge in [0.1, 0.15) is 5.75 Å². The Labute approximate surface area is 162 Å². The number of para-hydroxylation sites is 1. The minimum atomic E-state index is -0.151. The molecule has 2 heterocycles. The van der Waals surface area contributed by atoms with Crippen molar-refractivity contribution in [2.45, 2.75) is 18.9 Å². The minimum absolute atomic E-state index is 0.0439. The smallest absolute Gasteiger partial charge is 0.276 e. The summed E-state index contributed by atoms with van der Waals surface area (Å²) < 4.78 is 10.8. The largest absolute Gasteiger partial charge is 0.496 e. The van der Waals surface area contributed by atoms with Gasteiger partial charge in [0.25, 0.3) is 5.91 Å². The first kappa shape index (κ1) is 17.6. The summed E-state index contributed by atoms with van der Waals surface area (Å²) in [4.78, 5) is 14.9. The second-order valence-corrected chi connectivity index (χ2v) is 6.86. The zero-order valence-electron chi connectivity index (χ0n) is 14.9. The molecule has 6 heteroatoms. The van der Waals surface area contributed by atoms with Crippen molar-refractivity contribution in [1.29, 1.82) is 0 Å². The first-order chi connectivity index (χ1) is 13.2. The third-order valence-corrected chi connectivity index (χ3v) is 5.22. The number of hydrogen-bond donors (Lipinski definition) is 0. The number of hydrogen-bond acceptors (Lipinski definition) is 4. The number of halogens is 1. The van der Waals surface area contributed by atoms with Crippen molar-refractivity contribution in [3.8, 4) is 17.1 Å². The number of carbonyl (C=O) groups excluding carboxylic acids is 1. The Morgan fingerprint density at radius 1 is 1.22 bits per heavy atom. The molecule has 1 amide bonds. The van der Waals surface area contributed by atoms with Crippen molar-refractivity contribution >= 4 is 17.5 Å². The van der Waals surface area contributed by atoms with E-state index >= 15 is 0 Å². The van der Waals surface area contributed by atoms with Gasteiger partial charge in [-0.1, -0.05) is 47.1 Å². The van der Waals surface area contributed by atoms with E-state index in [2.05, 4.69) is 5.16 Å². The Hall–Kier alpha value is -2.79. The predicted molar refractivity (Wildman–Crippen MR) is 103 cm³/mol. The third kappa shape index (κ3) is 3.30. The van der Waals surface area contributed by atoms with Gasteiger partial charge in [-0.15, -0.1) is 0 Å². The van der Waals surface area contributed by atoms with Crippen LogP contribution >= 0.6 is 11.6 Å². The molecule has 0 saturated carbocycles. The molecule has 5 nitrogen and oxygen atoms in total. The molecular formula is C21H19ClN2O3. The molecule has 1 aliphatic heterocycles. The number of ether oxygens (including phenoxy) is 1. The monoisotopic (exact) mass is 382 g/mol. The van der Waals surface area contributed by atoms with Crippen LogP contribution in [0.3, 0.4) is 0 Å². The highest BCUT2D eigenvalue weighted by Gasteiger charge is 2.33. The second-order valence-electron chi connectivity index (χ2n) is 6.45. The molecule has 0 N–H and O–H groups in total. The summed E-state index contributed by atoms with van der Waals surface area (Å²) in [6, 6.07) is 16.8. The lowest BCUT2D eigenvalue weighted by molar-refractivity contribution is 0.0725. The normalized spacial score (nSPS) is 16.5. The maximum atomic E-state index is 13.1. The van der Waals surface area contributed by atoms with E-state index in [1.54, 1.807) is 13.2 Å². The van der Waals surface area contributed by atoms with Gasteiger partial charge in [-0.2, -0.15) is 0 Å². The molecule has 4 rings (SSSR count). The lowest BCUT2D eigenvalue weighted by Crippen LogP contribution is -2.30. The van der Waals surface area contributed by atoms with Crippen LogP contribution in [0.2, 0.25) is 5.02 Å². The fourth-order valence-corrected chi connectivity index (χ4v) is 3.84. The highest BCUT2D eigenvalue weighted by molar-refractivity contribution is 6.31. The summed E-state index contributed by atoms with van der Waals surface area (Å²) in [6.45, 7) is 0.672. The topological polar surface area (TPSA) is 55.6 Å². The van der Waals surface area contributed by atoms with Gasteiger partial charge < -0.3 is 14.2 Å². The van der Waals surface area contributed by atoms with Crippen molar-refractivity contribution in [1.82, 2.24) is 10.1 Å². The molecule has 1 fully saturated rings. The van der Waals surface area contributed by atoms with E-state index in [0.29, 0.717) is 23.1 Å². The summed E-state index contributed by atoms with van der Waals surface area (Å²) in [5, 5.41) is 4.69. The number of methoxy groups -OCH3 is 1. The fraction of sp³-hybridized carbons (Fsp3) is 0.238. The van der Waals surface area contributed by atoms with E-state index in [0.717, 1.165) is 24.0 Å². The van der Waals surface area contributed by atoms with Gasteiger partial charge in [0.05, 0.1) is 18.7 Å². The van der Waals surface area contributed by atoms with Gasteiger partial charge in [0.2, 0.25) is 0 Å². The van der Waals surface area contributed by atoms with Gasteiger partial charge in [-0.05, 0) is 36.6 Å². The average Bonchev–Trinajstić information content (AvgIpc) is 3.38. The maximum Gasteiger partial charge on any atom is 0.276 e. The van der Waals surface area contributed by atoms with Crippen LogP contribution in [-0.4, -0.2) is 29.6 Å². The maximum absolute atomic E-state index is 13.1. The summed E-state index contributed by atoms with van der Waals surface area (Å²) in [5.74, 6) is 1.02. The van der Waals surface area contributed by atoms with E-state index < -0.39 is 0 Å². The summed E-state index contributed by atoms with van der Waals surface area (Å²) in [7, 11) is 1.60. The highest BCUT2D eigenvalue weighted by Crippen LogP contribution is 2.37. The van der Waals surface area contributed by atoms with Crippen LogP contribution in [0.5, 0.6) is 5.75 Å². The SMILES string of the molecule is COc1ccccc1-c1cc(C(=O)N2CCC[C@H]2c2ccccc2Cl)no1. The lowest BCUT2D eigenvalue weighted by atomic mass is 10.0. The number of rotatable bonds is 4. The molecule has 0 aliphatic carbocycles. The first-order valence-corrected chi connectivity index (χ1v) is 9.22. The zero-order valence-corrected chi connectivity index (χ0v) is 15.6.